The van der Waals surface area contributed by atoms with E-state index in [1.807, 2.05) is 0 Å². The number of aromatic hydroxyl groups is 2. The summed E-state index contributed by atoms with van der Waals surface area (Å²) in [6.45, 7) is 1.91. The second-order valence-corrected chi connectivity index (χ2v) is 2.99. The minimum atomic E-state index is -0.605. The molecule has 0 unspecified atom stereocenters. The maximum absolute atomic E-state index is 11.3. The van der Waals surface area contributed by atoms with Crippen molar-refractivity contribution in [2.75, 3.05) is 6.61 Å². The van der Waals surface area contributed by atoms with Gasteiger partial charge in [0, 0.05) is 6.07 Å². The van der Waals surface area contributed by atoms with Crippen LogP contribution in [0.15, 0.2) is 12.1 Å². The molecule has 0 aromatic carbocycles. The van der Waals surface area contributed by atoms with Crippen LogP contribution in [0.2, 0.25) is 0 Å². The molecule has 16 heavy (non-hydrogen) atoms. The molecule has 7 nitrogen and oxygen atoms in total. The molecule has 0 saturated carbocycles. The molecule has 7 heteroatoms. The molecule has 0 spiro atoms. The molecule has 0 fully saturated rings. The van der Waals surface area contributed by atoms with E-state index in [9.17, 15) is 9.90 Å². The molecule has 0 saturated heterocycles. The third-order valence-corrected chi connectivity index (χ3v) is 1.88. The van der Waals surface area contributed by atoms with Crippen LogP contribution >= 0.6 is 0 Å². The topological polar surface area (TPSA) is 97.0 Å². The summed E-state index contributed by atoms with van der Waals surface area (Å²) in [5.74, 6) is -1.26. The average molecular weight is 223 g/mol. The first-order valence-corrected chi connectivity index (χ1v) is 4.57. The van der Waals surface area contributed by atoms with Gasteiger partial charge in [-0.25, -0.2) is 4.79 Å². The standard InChI is InChI=1S/C9H9N3O4/c1-2-16-9(15)5-3-6-10-7(13)4-8(14)12(6)11-5/h3-4,14H,2H2,1H3,(H,10,13). The number of hydrogen-bond donors (Lipinski definition) is 2. The highest BCUT2D eigenvalue weighted by atomic mass is 16.5. The summed E-state index contributed by atoms with van der Waals surface area (Å²) in [5, 5.41) is 22.3. The average Bonchev–Trinajstić information content (AvgIpc) is 2.62. The van der Waals surface area contributed by atoms with Crippen LogP contribution in [0.1, 0.15) is 17.4 Å². The van der Waals surface area contributed by atoms with Crippen LogP contribution in [0, 0.1) is 0 Å². The zero-order valence-corrected chi connectivity index (χ0v) is 8.41. The molecule has 0 aliphatic rings. The third-order valence-electron chi connectivity index (χ3n) is 1.88. The summed E-state index contributed by atoms with van der Waals surface area (Å²) in [7, 11) is 0. The quantitative estimate of drug-likeness (QED) is 0.711. The Morgan fingerprint density at radius 3 is 2.94 bits per heavy atom. The van der Waals surface area contributed by atoms with Gasteiger partial charge in [-0.2, -0.15) is 14.6 Å². The molecule has 2 N–H and O–H groups in total. The van der Waals surface area contributed by atoms with Gasteiger partial charge in [0.05, 0.1) is 12.7 Å². The minimum Gasteiger partial charge on any atom is -0.493 e. The van der Waals surface area contributed by atoms with Gasteiger partial charge in [0.1, 0.15) is 0 Å². The first-order chi connectivity index (χ1) is 7.61. The van der Waals surface area contributed by atoms with Gasteiger partial charge in [-0.15, -0.1) is 0 Å². The lowest BCUT2D eigenvalue weighted by molar-refractivity contribution is 0.0519. The number of esters is 1. The molecule has 2 aromatic rings. The van der Waals surface area contributed by atoms with E-state index in [2.05, 4.69) is 10.1 Å². The second kappa shape index (κ2) is 3.69. The highest BCUT2D eigenvalue weighted by Crippen LogP contribution is 2.18. The molecule has 2 aromatic heterocycles. The number of rotatable bonds is 2. The zero-order chi connectivity index (χ0) is 11.7. The fourth-order valence-electron chi connectivity index (χ4n) is 1.25. The lowest BCUT2D eigenvalue weighted by Crippen LogP contribution is -2.05. The van der Waals surface area contributed by atoms with Crippen LogP contribution in [0.3, 0.4) is 0 Å². The molecular weight excluding hydrogens is 214 g/mol. The van der Waals surface area contributed by atoms with Crippen LogP contribution in [-0.4, -0.2) is 37.4 Å². The van der Waals surface area contributed by atoms with Crippen LogP contribution in [0.5, 0.6) is 11.8 Å². The fourth-order valence-corrected chi connectivity index (χ4v) is 1.25. The van der Waals surface area contributed by atoms with Crippen LogP contribution in [-0.2, 0) is 4.74 Å². The van der Waals surface area contributed by atoms with E-state index in [1.54, 1.807) is 6.92 Å². The summed E-state index contributed by atoms with van der Waals surface area (Å²) in [4.78, 5) is 15.0. The first-order valence-electron chi connectivity index (χ1n) is 4.57. The molecular formula is C9H9N3O4. The number of fused-ring (bicyclic) bond motifs is 1. The van der Waals surface area contributed by atoms with E-state index in [0.717, 1.165) is 10.6 Å². The van der Waals surface area contributed by atoms with Crippen molar-refractivity contribution in [3.63, 3.8) is 0 Å². The summed E-state index contributed by atoms with van der Waals surface area (Å²) >= 11 is 0. The molecule has 84 valence electrons. The number of aromatic nitrogens is 3. The van der Waals surface area contributed by atoms with Gasteiger partial charge in [0.15, 0.2) is 11.3 Å². The Morgan fingerprint density at radius 1 is 1.50 bits per heavy atom. The Hall–Kier alpha value is -2.31. The molecule has 0 aliphatic carbocycles. The van der Waals surface area contributed by atoms with Crippen molar-refractivity contribution in [1.29, 1.82) is 0 Å². The maximum atomic E-state index is 11.3. The Balaban J connectivity index is 2.51. The van der Waals surface area contributed by atoms with Crippen molar-refractivity contribution < 1.29 is 19.7 Å². The van der Waals surface area contributed by atoms with Gasteiger partial charge in [0.2, 0.25) is 11.8 Å². The van der Waals surface area contributed by atoms with E-state index >= 15 is 0 Å². The van der Waals surface area contributed by atoms with Crippen molar-refractivity contribution in [3.05, 3.63) is 17.8 Å². The number of hydrogen-bond acceptors (Lipinski definition) is 6. The number of nitrogens with zero attached hydrogens (tertiary/aromatic N) is 3. The van der Waals surface area contributed by atoms with Crippen molar-refractivity contribution in [2.45, 2.75) is 6.92 Å². The molecule has 2 rings (SSSR count). The Labute approximate surface area is 89.9 Å². The van der Waals surface area contributed by atoms with Crippen molar-refractivity contribution in [1.82, 2.24) is 14.6 Å². The van der Waals surface area contributed by atoms with Gasteiger partial charge < -0.3 is 14.9 Å². The van der Waals surface area contributed by atoms with Gasteiger partial charge in [-0.3, -0.25) is 0 Å². The predicted octanol–water partition coefficient (Wildman–Crippen LogP) is 0.317. The Kier molecular flexibility index (Phi) is 2.35. The molecule has 0 amide bonds. The van der Waals surface area contributed by atoms with E-state index < -0.39 is 5.97 Å². The van der Waals surface area contributed by atoms with E-state index in [1.165, 1.54) is 6.07 Å². The second-order valence-electron chi connectivity index (χ2n) is 2.99. The SMILES string of the molecule is CCOC(=O)c1cc2nc(O)cc(O)n2n1. The largest absolute Gasteiger partial charge is 0.493 e. The third kappa shape index (κ3) is 1.62. The van der Waals surface area contributed by atoms with Gasteiger partial charge in [-0.1, -0.05) is 0 Å². The highest BCUT2D eigenvalue weighted by Gasteiger charge is 2.14. The normalized spacial score (nSPS) is 10.6. The fraction of sp³-hybridized carbons (Fsp3) is 0.222. The number of ether oxygens (including phenoxy) is 1. The predicted molar refractivity (Wildman–Crippen MR) is 52.3 cm³/mol. The van der Waals surface area contributed by atoms with E-state index in [-0.39, 0.29) is 29.7 Å². The summed E-state index contributed by atoms with van der Waals surface area (Å²) in [5.41, 5.74) is 0.191. The highest BCUT2D eigenvalue weighted by molar-refractivity contribution is 5.88. The maximum Gasteiger partial charge on any atom is 0.358 e. The Bertz CT molecular complexity index is 549. The van der Waals surface area contributed by atoms with E-state index in [0.29, 0.717) is 0 Å². The van der Waals surface area contributed by atoms with Crippen molar-refractivity contribution in [2.24, 2.45) is 0 Å². The molecule has 0 radical (unpaired) electrons. The molecule has 0 bridgehead atoms. The number of carbonyl (C=O) groups excluding carboxylic acids is 1. The smallest absolute Gasteiger partial charge is 0.358 e. The molecule has 2 heterocycles. The van der Waals surface area contributed by atoms with Crippen molar-refractivity contribution in [3.8, 4) is 11.8 Å². The van der Waals surface area contributed by atoms with E-state index in [4.69, 9.17) is 9.84 Å². The Morgan fingerprint density at radius 2 is 2.25 bits per heavy atom. The lowest BCUT2D eigenvalue weighted by Gasteiger charge is -1.97. The van der Waals surface area contributed by atoms with Crippen LogP contribution in [0.25, 0.3) is 5.65 Å². The summed E-state index contributed by atoms with van der Waals surface area (Å²) in [6, 6.07) is 2.34. The molecule has 0 aliphatic heterocycles. The van der Waals surface area contributed by atoms with Gasteiger partial charge >= 0.3 is 5.97 Å². The van der Waals surface area contributed by atoms with Crippen LogP contribution < -0.4 is 0 Å². The molecule has 0 atom stereocenters. The first kappa shape index (κ1) is 10.2. The summed E-state index contributed by atoms with van der Waals surface area (Å²) in [6.07, 6.45) is 0. The van der Waals surface area contributed by atoms with Crippen LogP contribution in [0.4, 0.5) is 0 Å². The lowest BCUT2D eigenvalue weighted by atomic mass is 10.4. The van der Waals surface area contributed by atoms with Crippen molar-refractivity contribution >= 4 is 11.6 Å². The zero-order valence-electron chi connectivity index (χ0n) is 8.41. The summed E-state index contributed by atoms with van der Waals surface area (Å²) < 4.78 is 5.77. The minimum absolute atomic E-state index is 0.0234. The van der Waals surface area contributed by atoms with Gasteiger partial charge in [-0.05, 0) is 6.92 Å². The monoisotopic (exact) mass is 223 g/mol. The van der Waals surface area contributed by atoms with Gasteiger partial charge in [0.25, 0.3) is 0 Å². The number of carbonyl (C=O) groups is 1.